The molecule has 1 aromatic carbocycles. The van der Waals surface area contributed by atoms with Gasteiger partial charge >= 0.3 is 0 Å². The molecule has 0 atom stereocenters. The Morgan fingerprint density at radius 1 is 1.04 bits per heavy atom. The van der Waals surface area contributed by atoms with E-state index in [9.17, 15) is 14.7 Å². The number of hydrogen-bond donors (Lipinski definition) is 3. The minimum atomic E-state index is -0.143. The number of nitrogens with one attached hydrogen (secondary N) is 2. The van der Waals surface area contributed by atoms with Crippen molar-refractivity contribution >= 4 is 17.5 Å². The van der Waals surface area contributed by atoms with Gasteiger partial charge in [0.15, 0.2) is 0 Å². The maximum absolute atomic E-state index is 12.8. The average Bonchev–Trinajstić information content (AvgIpc) is 2.59. The minimum Gasteiger partial charge on any atom is -0.506 e. The molecule has 0 aliphatic heterocycles. The number of carbonyl (C=O) groups is 2. The van der Waals surface area contributed by atoms with Crippen molar-refractivity contribution in [3.8, 4) is 5.75 Å². The van der Waals surface area contributed by atoms with Gasteiger partial charge in [-0.3, -0.25) is 9.59 Å². The van der Waals surface area contributed by atoms with Crippen LogP contribution in [0.25, 0.3) is 0 Å². The third kappa shape index (κ3) is 3.44. The number of benzene rings is 1. The summed E-state index contributed by atoms with van der Waals surface area (Å²) in [6, 6.07) is 6.69. The van der Waals surface area contributed by atoms with Crippen molar-refractivity contribution in [1.29, 1.82) is 0 Å². The molecule has 4 bridgehead atoms. The molecule has 0 unspecified atom stereocenters. The monoisotopic (exact) mass is 356 g/mol. The van der Waals surface area contributed by atoms with Gasteiger partial charge in [-0.05, 0) is 74.8 Å². The van der Waals surface area contributed by atoms with Crippen LogP contribution in [0.3, 0.4) is 0 Å². The third-order valence-electron chi connectivity index (χ3n) is 6.56. The summed E-state index contributed by atoms with van der Waals surface area (Å²) in [6.07, 6.45) is 8.14. The average molecular weight is 356 g/mol. The van der Waals surface area contributed by atoms with Gasteiger partial charge in [0.05, 0.1) is 5.69 Å². The molecule has 2 amide bonds. The fourth-order valence-corrected chi connectivity index (χ4v) is 5.82. The highest BCUT2D eigenvalue weighted by atomic mass is 16.3. The van der Waals surface area contributed by atoms with Crippen molar-refractivity contribution in [3.63, 3.8) is 0 Å². The van der Waals surface area contributed by atoms with Gasteiger partial charge in [0.25, 0.3) is 0 Å². The Balaban J connectivity index is 1.22. The predicted octanol–water partition coefficient (Wildman–Crippen LogP) is 3.44. The highest BCUT2D eigenvalue weighted by Crippen LogP contribution is 2.60. The van der Waals surface area contributed by atoms with Gasteiger partial charge in [-0.25, -0.2) is 0 Å². The maximum atomic E-state index is 12.8. The minimum absolute atomic E-state index is 0.0657. The molecule has 1 aromatic rings. The Morgan fingerprint density at radius 2 is 1.65 bits per heavy atom. The zero-order valence-electron chi connectivity index (χ0n) is 15.2. The van der Waals surface area contributed by atoms with Crippen LogP contribution >= 0.6 is 0 Å². The fraction of sp³-hybridized carbons (Fsp3) is 0.619. The first-order valence-corrected chi connectivity index (χ1v) is 9.90. The van der Waals surface area contributed by atoms with Gasteiger partial charge in [0.2, 0.25) is 11.8 Å². The van der Waals surface area contributed by atoms with Crippen LogP contribution in [-0.4, -0.2) is 23.5 Å². The summed E-state index contributed by atoms with van der Waals surface area (Å²) < 4.78 is 0. The zero-order chi connectivity index (χ0) is 18.1. The number of rotatable bonds is 6. The summed E-state index contributed by atoms with van der Waals surface area (Å²) in [5, 5.41) is 15.5. The summed E-state index contributed by atoms with van der Waals surface area (Å²) in [5.74, 6) is 2.42. The Labute approximate surface area is 154 Å². The fourth-order valence-electron chi connectivity index (χ4n) is 5.82. The van der Waals surface area contributed by atoms with Gasteiger partial charge in [0.1, 0.15) is 5.75 Å². The molecular weight excluding hydrogens is 328 g/mol. The van der Waals surface area contributed by atoms with Crippen molar-refractivity contribution in [2.24, 2.45) is 23.2 Å². The van der Waals surface area contributed by atoms with Crippen LogP contribution in [0.1, 0.15) is 51.4 Å². The van der Waals surface area contributed by atoms with E-state index in [4.69, 9.17) is 0 Å². The van der Waals surface area contributed by atoms with E-state index in [0.717, 1.165) is 37.0 Å². The normalized spacial score (nSPS) is 31.6. The van der Waals surface area contributed by atoms with Crippen molar-refractivity contribution in [1.82, 2.24) is 5.32 Å². The molecule has 0 saturated heterocycles. The lowest BCUT2D eigenvalue weighted by molar-refractivity contribution is -0.146. The number of aromatic hydroxyl groups is 1. The number of phenols is 1. The molecule has 0 heterocycles. The second-order valence-electron chi connectivity index (χ2n) is 8.62. The molecule has 4 fully saturated rings. The largest absolute Gasteiger partial charge is 0.506 e. The van der Waals surface area contributed by atoms with Crippen molar-refractivity contribution < 1.29 is 14.7 Å². The summed E-state index contributed by atoms with van der Waals surface area (Å²) in [7, 11) is 0. The van der Waals surface area contributed by atoms with Crippen LogP contribution in [0.15, 0.2) is 24.3 Å². The molecule has 4 aliphatic rings. The summed E-state index contributed by atoms with van der Waals surface area (Å²) in [5.41, 5.74) is 0.308. The van der Waals surface area contributed by atoms with E-state index >= 15 is 0 Å². The first kappa shape index (κ1) is 17.4. The lowest BCUT2D eigenvalue weighted by atomic mass is 9.49. The van der Waals surface area contributed by atoms with E-state index in [1.807, 2.05) is 0 Å². The molecule has 0 radical (unpaired) electrons. The Morgan fingerprint density at radius 3 is 2.27 bits per heavy atom. The number of phenolic OH excluding ortho intramolecular Hbond substituents is 1. The number of hydrogen-bond acceptors (Lipinski definition) is 3. The lowest BCUT2D eigenvalue weighted by Gasteiger charge is -2.55. The molecule has 26 heavy (non-hydrogen) atoms. The van der Waals surface area contributed by atoms with Crippen molar-refractivity contribution in [2.75, 3.05) is 11.9 Å². The molecule has 0 spiro atoms. The molecule has 3 N–H and O–H groups in total. The molecule has 5 rings (SSSR count). The van der Waals surface area contributed by atoms with Gasteiger partial charge in [-0.15, -0.1) is 0 Å². The zero-order valence-corrected chi connectivity index (χ0v) is 15.2. The molecule has 4 saturated carbocycles. The van der Waals surface area contributed by atoms with Crippen molar-refractivity contribution in [3.05, 3.63) is 24.3 Å². The number of para-hydroxylation sites is 2. The number of anilines is 1. The van der Waals surface area contributed by atoms with Gasteiger partial charge < -0.3 is 15.7 Å². The van der Waals surface area contributed by atoms with E-state index < -0.39 is 0 Å². The van der Waals surface area contributed by atoms with Gasteiger partial charge in [-0.2, -0.15) is 0 Å². The Hall–Kier alpha value is -2.04. The predicted molar refractivity (Wildman–Crippen MR) is 99.6 cm³/mol. The summed E-state index contributed by atoms with van der Waals surface area (Å²) >= 11 is 0. The maximum Gasteiger partial charge on any atom is 0.226 e. The molecule has 5 heteroatoms. The molecule has 140 valence electrons. The Bertz CT molecular complexity index is 665. The third-order valence-corrected chi connectivity index (χ3v) is 6.56. The smallest absolute Gasteiger partial charge is 0.226 e. The first-order valence-electron chi connectivity index (χ1n) is 9.90. The van der Waals surface area contributed by atoms with E-state index in [-0.39, 0.29) is 23.0 Å². The van der Waals surface area contributed by atoms with Crippen LogP contribution in [0, 0.1) is 23.2 Å². The molecule has 5 nitrogen and oxygen atoms in total. The van der Waals surface area contributed by atoms with E-state index in [1.54, 1.807) is 24.3 Å². The SMILES string of the molecule is O=C(CCCNC(=O)C12CC3CC(CC(C3)C1)C2)Nc1ccccc1O. The Kier molecular flexibility index (Phi) is 4.63. The van der Waals surface area contributed by atoms with Crippen LogP contribution in [-0.2, 0) is 9.59 Å². The van der Waals surface area contributed by atoms with Crippen LogP contribution in [0.5, 0.6) is 5.75 Å². The number of carbonyl (C=O) groups excluding carboxylic acids is 2. The highest BCUT2D eigenvalue weighted by Gasteiger charge is 2.54. The second kappa shape index (κ2) is 6.93. The van der Waals surface area contributed by atoms with Gasteiger partial charge in [0, 0.05) is 18.4 Å². The van der Waals surface area contributed by atoms with Gasteiger partial charge in [-0.1, -0.05) is 12.1 Å². The van der Waals surface area contributed by atoms with Crippen LogP contribution in [0.2, 0.25) is 0 Å². The number of amides is 2. The summed E-state index contributed by atoms with van der Waals surface area (Å²) in [6.45, 7) is 0.536. The highest BCUT2D eigenvalue weighted by molar-refractivity contribution is 5.92. The van der Waals surface area contributed by atoms with Crippen molar-refractivity contribution in [2.45, 2.75) is 51.4 Å². The van der Waals surface area contributed by atoms with E-state index in [2.05, 4.69) is 10.6 Å². The van der Waals surface area contributed by atoms with Crippen LogP contribution < -0.4 is 10.6 Å². The molecule has 4 aliphatic carbocycles. The molecular formula is C21H28N2O3. The van der Waals surface area contributed by atoms with Crippen LogP contribution in [0.4, 0.5) is 5.69 Å². The first-order chi connectivity index (χ1) is 12.5. The summed E-state index contributed by atoms with van der Waals surface area (Å²) in [4.78, 5) is 24.8. The van der Waals surface area contributed by atoms with E-state index in [1.165, 1.54) is 19.3 Å². The lowest BCUT2D eigenvalue weighted by Crippen LogP contribution is -2.53. The van der Waals surface area contributed by atoms with E-state index in [0.29, 0.717) is 25.1 Å². The topological polar surface area (TPSA) is 78.4 Å². The standard InChI is InChI=1S/C21H28N2O3/c24-18-5-2-1-4-17(18)23-19(25)6-3-7-22-20(26)21-11-14-8-15(12-21)10-16(9-14)13-21/h1-2,4-5,14-16,24H,3,6-13H2,(H,22,26)(H,23,25). The second-order valence-corrected chi connectivity index (χ2v) is 8.62. The quantitative estimate of drug-likeness (QED) is 0.540. The molecule has 0 aromatic heterocycles.